The first kappa shape index (κ1) is 8.70. The highest BCUT2D eigenvalue weighted by molar-refractivity contribution is 4.88. The molecule has 0 rings (SSSR count). The van der Waals surface area contributed by atoms with Gasteiger partial charge in [-0.25, -0.2) is 0 Å². The Hall–Kier alpha value is -0.300. The van der Waals surface area contributed by atoms with Crippen molar-refractivity contribution in [3.8, 4) is 0 Å². The number of nitrogens with two attached hydrogens (primary N) is 1. The van der Waals surface area contributed by atoms with E-state index in [-0.39, 0.29) is 0 Å². The van der Waals surface area contributed by atoms with Crippen LogP contribution in [0.5, 0.6) is 0 Å². The summed E-state index contributed by atoms with van der Waals surface area (Å²) in [4.78, 5) is 0. The third-order valence-electron chi connectivity index (χ3n) is 1.63. The van der Waals surface area contributed by atoms with Gasteiger partial charge in [-0.3, -0.25) is 0 Å². The van der Waals surface area contributed by atoms with Gasteiger partial charge >= 0.3 is 0 Å². The molecule has 0 amide bonds. The molecule has 2 N–H and O–H groups in total. The smallest absolute Gasteiger partial charge is 0.0106 e. The lowest BCUT2D eigenvalue weighted by atomic mass is 9.98. The average molecular weight is 127 g/mol. The first-order chi connectivity index (χ1) is 4.18. The van der Waals surface area contributed by atoms with E-state index in [1.807, 2.05) is 6.08 Å². The molecule has 0 aromatic rings. The third kappa shape index (κ3) is 4.22. The Labute approximate surface area is 57.9 Å². The molecule has 0 spiro atoms. The first-order valence-corrected chi connectivity index (χ1v) is 3.55. The number of rotatable bonds is 3. The van der Waals surface area contributed by atoms with Crippen LogP contribution in [0.2, 0.25) is 0 Å². The van der Waals surface area contributed by atoms with Crippen LogP contribution in [-0.2, 0) is 0 Å². The highest BCUT2D eigenvalue weighted by Gasteiger charge is 1.99. The van der Waals surface area contributed by atoms with Gasteiger partial charge in [0.05, 0.1) is 0 Å². The summed E-state index contributed by atoms with van der Waals surface area (Å²) in [5.41, 5.74) is 5.29. The van der Waals surface area contributed by atoms with Crippen LogP contribution in [0.1, 0.15) is 20.8 Å². The van der Waals surface area contributed by atoms with Crippen LogP contribution in [0.25, 0.3) is 0 Å². The Morgan fingerprint density at radius 3 is 2.22 bits per heavy atom. The molecule has 0 aliphatic rings. The summed E-state index contributed by atoms with van der Waals surface area (Å²) in [6.07, 6.45) is 4.19. The summed E-state index contributed by atoms with van der Waals surface area (Å²) < 4.78 is 0. The van der Waals surface area contributed by atoms with Gasteiger partial charge < -0.3 is 5.73 Å². The van der Waals surface area contributed by atoms with Gasteiger partial charge in [0.25, 0.3) is 0 Å². The molecule has 54 valence electrons. The minimum absolute atomic E-state index is 0.661. The van der Waals surface area contributed by atoms with E-state index < -0.39 is 0 Å². The molecular formula is C8H17N. The molecule has 0 aromatic carbocycles. The van der Waals surface area contributed by atoms with Gasteiger partial charge in [-0.05, 0) is 11.8 Å². The van der Waals surface area contributed by atoms with Gasteiger partial charge in [0, 0.05) is 6.54 Å². The van der Waals surface area contributed by atoms with E-state index in [9.17, 15) is 0 Å². The van der Waals surface area contributed by atoms with E-state index in [2.05, 4.69) is 26.8 Å². The van der Waals surface area contributed by atoms with Crippen LogP contribution in [0.3, 0.4) is 0 Å². The van der Waals surface area contributed by atoms with Crippen molar-refractivity contribution in [3.05, 3.63) is 12.2 Å². The standard InChI is InChI=1S/C8H17N/c1-7(2)8(3)5-4-6-9/h4-5,7-8H,6,9H2,1-3H3. The first-order valence-electron chi connectivity index (χ1n) is 3.55. The summed E-state index contributed by atoms with van der Waals surface area (Å²) in [5, 5.41) is 0. The fourth-order valence-electron chi connectivity index (χ4n) is 0.515. The molecule has 0 heterocycles. The van der Waals surface area contributed by atoms with E-state index in [1.54, 1.807) is 0 Å². The zero-order valence-electron chi connectivity index (χ0n) is 6.59. The van der Waals surface area contributed by atoms with Crippen LogP contribution < -0.4 is 5.73 Å². The normalized spacial score (nSPS) is 15.2. The van der Waals surface area contributed by atoms with Crippen molar-refractivity contribution in [1.29, 1.82) is 0 Å². The Morgan fingerprint density at radius 2 is 1.89 bits per heavy atom. The molecule has 0 aliphatic heterocycles. The van der Waals surface area contributed by atoms with E-state index in [0.29, 0.717) is 12.5 Å². The molecule has 0 saturated heterocycles. The van der Waals surface area contributed by atoms with E-state index in [1.165, 1.54) is 0 Å². The Kier molecular flexibility index (Phi) is 4.41. The van der Waals surface area contributed by atoms with Gasteiger partial charge in [0.1, 0.15) is 0 Å². The second-order valence-corrected chi connectivity index (χ2v) is 2.77. The predicted octanol–water partition coefficient (Wildman–Crippen LogP) is 1.79. The van der Waals surface area contributed by atoms with Gasteiger partial charge in [-0.1, -0.05) is 32.9 Å². The number of hydrogen-bond acceptors (Lipinski definition) is 1. The third-order valence-corrected chi connectivity index (χ3v) is 1.63. The van der Waals surface area contributed by atoms with Crippen molar-refractivity contribution in [1.82, 2.24) is 0 Å². The molecule has 9 heavy (non-hydrogen) atoms. The zero-order valence-corrected chi connectivity index (χ0v) is 6.59. The lowest BCUT2D eigenvalue weighted by Gasteiger charge is -2.08. The van der Waals surface area contributed by atoms with Crippen LogP contribution in [0.4, 0.5) is 0 Å². The molecule has 0 fully saturated rings. The topological polar surface area (TPSA) is 26.0 Å². The minimum atomic E-state index is 0.661. The van der Waals surface area contributed by atoms with Gasteiger partial charge in [0.15, 0.2) is 0 Å². The van der Waals surface area contributed by atoms with Gasteiger partial charge in [0.2, 0.25) is 0 Å². The zero-order chi connectivity index (χ0) is 7.28. The van der Waals surface area contributed by atoms with Crippen LogP contribution in [0, 0.1) is 11.8 Å². The Morgan fingerprint density at radius 1 is 1.33 bits per heavy atom. The molecule has 0 bridgehead atoms. The van der Waals surface area contributed by atoms with Crippen molar-refractivity contribution >= 4 is 0 Å². The molecule has 1 heteroatoms. The van der Waals surface area contributed by atoms with Gasteiger partial charge in [-0.2, -0.15) is 0 Å². The fourth-order valence-corrected chi connectivity index (χ4v) is 0.515. The van der Waals surface area contributed by atoms with Crippen molar-refractivity contribution in [2.75, 3.05) is 6.54 Å². The number of hydrogen-bond donors (Lipinski definition) is 1. The monoisotopic (exact) mass is 127 g/mol. The lowest BCUT2D eigenvalue weighted by molar-refractivity contribution is 0.503. The Bertz CT molecular complexity index is 84.6. The molecule has 1 atom stereocenters. The maximum atomic E-state index is 5.29. The molecule has 0 aromatic heterocycles. The average Bonchev–Trinajstić information content (AvgIpc) is 1.82. The molecule has 1 unspecified atom stereocenters. The van der Waals surface area contributed by atoms with E-state index in [0.717, 1.165) is 5.92 Å². The number of allylic oxidation sites excluding steroid dienone is 1. The minimum Gasteiger partial charge on any atom is -0.327 e. The maximum Gasteiger partial charge on any atom is 0.0106 e. The molecular weight excluding hydrogens is 110 g/mol. The summed E-state index contributed by atoms with van der Waals surface area (Å²) >= 11 is 0. The molecule has 0 radical (unpaired) electrons. The molecule has 0 saturated carbocycles. The maximum absolute atomic E-state index is 5.29. The van der Waals surface area contributed by atoms with E-state index >= 15 is 0 Å². The van der Waals surface area contributed by atoms with Crippen LogP contribution >= 0.6 is 0 Å². The predicted molar refractivity (Wildman–Crippen MR) is 42.2 cm³/mol. The lowest BCUT2D eigenvalue weighted by Crippen LogP contribution is -2.01. The summed E-state index contributed by atoms with van der Waals surface area (Å²) in [5.74, 6) is 1.39. The van der Waals surface area contributed by atoms with Crippen molar-refractivity contribution in [2.45, 2.75) is 20.8 Å². The molecule has 1 nitrogen and oxygen atoms in total. The second-order valence-electron chi connectivity index (χ2n) is 2.77. The van der Waals surface area contributed by atoms with Crippen molar-refractivity contribution in [2.24, 2.45) is 17.6 Å². The summed E-state index contributed by atoms with van der Waals surface area (Å²) in [7, 11) is 0. The quantitative estimate of drug-likeness (QED) is 0.575. The van der Waals surface area contributed by atoms with Crippen molar-refractivity contribution in [3.63, 3.8) is 0 Å². The van der Waals surface area contributed by atoms with E-state index in [4.69, 9.17) is 5.73 Å². The SMILES string of the molecule is CC(C)C(C)C=CCN. The highest BCUT2D eigenvalue weighted by Crippen LogP contribution is 2.09. The van der Waals surface area contributed by atoms with Gasteiger partial charge in [-0.15, -0.1) is 0 Å². The summed E-state index contributed by atoms with van der Waals surface area (Å²) in [6.45, 7) is 7.30. The van der Waals surface area contributed by atoms with Crippen LogP contribution in [-0.4, -0.2) is 6.54 Å². The largest absolute Gasteiger partial charge is 0.327 e. The van der Waals surface area contributed by atoms with Crippen LogP contribution in [0.15, 0.2) is 12.2 Å². The summed E-state index contributed by atoms with van der Waals surface area (Å²) in [6, 6.07) is 0. The second kappa shape index (κ2) is 4.57. The Balaban J connectivity index is 3.48. The molecule has 0 aliphatic carbocycles. The van der Waals surface area contributed by atoms with Crippen molar-refractivity contribution < 1.29 is 0 Å². The highest BCUT2D eigenvalue weighted by atomic mass is 14.5. The fraction of sp³-hybridized carbons (Fsp3) is 0.750.